The second-order valence-corrected chi connectivity index (χ2v) is 4.15. The first-order valence-electron chi connectivity index (χ1n) is 5.76. The molecule has 86 valence electrons. The van der Waals surface area contributed by atoms with Crippen LogP contribution in [0.2, 0.25) is 0 Å². The molecular formula is C12H18N4. The molecule has 16 heavy (non-hydrogen) atoms. The van der Waals surface area contributed by atoms with E-state index in [-0.39, 0.29) is 6.04 Å². The smallest absolute Gasteiger partial charge is 0.125 e. The van der Waals surface area contributed by atoms with Crippen LogP contribution in [0.1, 0.15) is 43.2 Å². The predicted octanol–water partition coefficient (Wildman–Crippen LogP) is 1.79. The maximum atomic E-state index is 5.63. The summed E-state index contributed by atoms with van der Waals surface area (Å²) >= 11 is 0. The number of aromatic nitrogens is 2. The minimum Gasteiger partial charge on any atom is -0.271 e. The van der Waals surface area contributed by atoms with Gasteiger partial charge in [-0.05, 0) is 38.7 Å². The first kappa shape index (κ1) is 11.2. The Balaban J connectivity index is 2.25. The topological polar surface area (TPSA) is 63.8 Å². The lowest BCUT2D eigenvalue weighted by Crippen LogP contribution is -2.30. The zero-order valence-electron chi connectivity index (χ0n) is 9.61. The quantitative estimate of drug-likeness (QED) is 0.461. The molecule has 0 aliphatic heterocycles. The highest BCUT2D eigenvalue weighted by Crippen LogP contribution is 2.28. The minimum atomic E-state index is 0.0435. The molecule has 0 spiro atoms. The van der Waals surface area contributed by atoms with Crippen LogP contribution in [0.4, 0.5) is 0 Å². The van der Waals surface area contributed by atoms with Gasteiger partial charge in [0, 0.05) is 6.20 Å². The van der Waals surface area contributed by atoms with Gasteiger partial charge in [0.1, 0.15) is 5.82 Å². The highest BCUT2D eigenvalue weighted by molar-refractivity contribution is 5.22. The summed E-state index contributed by atoms with van der Waals surface area (Å²) in [5, 5.41) is 0. The summed E-state index contributed by atoms with van der Waals surface area (Å²) < 4.78 is 0. The van der Waals surface area contributed by atoms with Gasteiger partial charge in [-0.1, -0.05) is 11.6 Å². The minimum absolute atomic E-state index is 0.0435. The molecule has 0 saturated carbocycles. The Hall–Kier alpha value is -1.26. The van der Waals surface area contributed by atoms with Crippen molar-refractivity contribution < 1.29 is 0 Å². The number of nitrogens with one attached hydrogen (secondary N) is 1. The predicted molar refractivity (Wildman–Crippen MR) is 63.4 cm³/mol. The lowest BCUT2D eigenvalue weighted by Gasteiger charge is -2.22. The number of allylic oxidation sites excluding steroid dienone is 1. The molecule has 2 rings (SSSR count). The first-order chi connectivity index (χ1) is 7.81. The fourth-order valence-electron chi connectivity index (χ4n) is 2.14. The first-order valence-corrected chi connectivity index (χ1v) is 5.76. The molecule has 0 saturated heterocycles. The second kappa shape index (κ2) is 5.18. The summed E-state index contributed by atoms with van der Waals surface area (Å²) in [4.78, 5) is 8.53. The van der Waals surface area contributed by atoms with Gasteiger partial charge in [0.15, 0.2) is 0 Å². The zero-order valence-corrected chi connectivity index (χ0v) is 9.61. The van der Waals surface area contributed by atoms with Crippen LogP contribution in [0.5, 0.6) is 0 Å². The molecule has 0 fully saturated rings. The fraction of sp³-hybridized carbons (Fsp3) is 0.500. The van der Waals surface area contributed by atoms with Crippen molar-refractivity contribution in [1.82, 2.24) is 15.4 Å². The molecule has 1 aromatic heterocycles. The number of nitrogens with two attached hydrogens (primary N) is 1. The van der Waals surface area contributed by atoms with Gasteiger partial charge in [-0.25, -0.2) is 15.4 Å². The van der Waals surface area contributed by atoms with Gasteiger partial charge >= 0.3 is 0 Å². The number of aryl methyl sites for hydroxylation is 1. The van der Waals surface area contributed by atoms with E-state index in [9.17, 15) is 0 Å². The van der Waals surface area contributed by atoms with Crippen LogP contribution in [0.25, 0.3) is 0 Å². The lowest BCUT2D eigenvalue weighted by atomic mass is 9.92. The zero-order chi connectivity index (χ0) is 11.4. The average Bonchev–Trinajstić information content (AvgIpc) is 2.31. The van der Waals surface area contributed by atoms with Gasteiger partial charge < -0.3 is 0 Å². The van der Waals surface area contributed by atoms with Crippen molar-refractivity contribution in [2.24, 2.45) is 5.84 Å². The van der Waals surface area contributed by atoms with E-state index in [0.29, 0.717) is 0 Å². The average molecular weight is 218 g/mol. The summed E-state index contributed by atoms with van der Waals surface area (Å²) in [6, 6.07) is 1.97. The van der Waals surface area contributed by atoms with Gasteiger partial charge in [-0.3, -0.25) is 5.84 Å². The second-order valence-electron chi connectivity index (χ2n) is 4.15. The molecule has 0 aromatic carbocycles. The number of hydrazine groups is 1. The molecular weight excluding hydrogens is 200 g/mol. The number of hydrogen-bond acceptors (Lipinski definition) is 4. The largest absolute Gasteiger partial charge is 0.271 e. The van der Waals surface area contributed by atoms with Gasteiger partial charge in [0.25, 0.3) is 0 Å². The summed E-state index contributed by atoms with van der Waals surface area (Å²) in [5.41, 5.74) is 5.17. The van der Waals surface area contributed by atoms with Crippen LogP contribution < -0.4 is 11.3 Å². The van der Waals surface area contributed by atoms with E-state index in [0.717, 1.165) is 24.4 Å². The maximum Gasteiger partial charge on any atom is 0.125 e. The van der Waals surface area contributed by atoms with Crippen molar-refractivity contribution in [1.29, 1.82) is 0 Å². The monoisotopic (exact) mass is 218 g/mol. The fourth-order valence-corrected chi connectivity index (χ4v) is 2.14. The Bertz CT molecular complexity index is 386. The van der Waals surface area contributed by atoms with Gasteiger partial charge in [0.05, 0.1) is 11.7 Å². The van der Waals surface area contributed by atoms with E-state index in [1.54, 1.807) is 6.20 Å². The van der Waals surface area contributed by atoms with Crippen molar-refractivity contribution in [3.8, 4) is 0 Å². The standard InChI is InChI=1S/C12H18N4/c1-9-14-8-7-11(15-9)12(16-13)10-5-3-2-4-6-10/h5,7-8,12,16H,2-4,6,13H2,1H3. The van der Waals surface area contributed by atoms with Gasteiger partial charge in [-0.2, -0.15) is 0 Å². The van der Waals surface area contributed by atoms with E-state index in [1.807, 2.05) is 13.0 Å². The summed E-state index contributed by atoms with van der Waals surface area (Å²) in [5.74, 6) is 6.42. The summed E-state index contributed by atoms with van der Waals surface area (Å²) in [6.45, 7) is 1.90. The van der Waals surface area contributed by atoms with Gasteiger partial charge in [0.2, 0.25) is 0 Å². The molecule has 0 bridgehead atoms. The Morgan fingerprint density at radius 1 is 1.44 bits per heavy atom. The van der Waals surface area contributed by atoms with E-state index < -0.39 is 0 Å². The van der Waals surface area contributed by atoms with Crippen molar-refractivity contribution in [2.75, 3.05) is 0 Å². The molecule has 1 aliphatic carbocycles. The number of hydrogen-bond donors (Lipinski definition) is 2. The molecule has 1 aliphatic rings. The molecule has 0 radical (unpaired) electrons. The Morgan fingerprint density at radius 2 is 2.31 bits per heavy atom. The Labute approximate surface area is 96.0 Å². The maximum absolute atomic E-state index is 5.63. The molecule has 1 aromatic rings. The molecule has 4 heteroatoms. The van der Waals surface area contributed by atoms with Crippen LogP contribution >= 0.6 is 0 Å². The molecule has 0 amide bonds. The van der Waals surface area contributed by atoms with Crippen molar-refractivity contribution in [3.05, 3.63) is 35.4 Å². The van der Waals surface area contributed by atoms with Crippen LogP contribution in [0.3, 0.4) is 0 Å². The lowest BCUT2D eigenvalue weighted by molar-refractivity contribution is 0.553. The SMILES string of the molecule is Cc1nccc(C(NN)C2=CCCCC2)n1. The van der Waals surface area contributed by atoms with Crippen molar-refractivity contribution >= 4 is 0 Å². The highest BCUT2D eigenvalue weighted by Gasteiger charge is 2.18. The highest BCUT2D eigenvalue weighted by atomic mass is 15.2. The normalized spacial score (nSPS) is 18.0. The summed E-state index contributed by atoms with van der Waals surface area (Å²) in [7, 11) is 0. The van der Waals surface area contributed by atoms with Gasteiger partial charge in [-0.15, -0.1) is 0 Å². The third-order valence-corrected chi connectivity index (χ3v) is 2.96. The number of rotatable bonds is 3. The molecule has 4 nitrogen and oxygen atoms in total. The molecule has 3 N–H and O–H groups in total. The third-order valence-electron chi connectivity index (χ3n) is 2.96. The van der Waals surface area contributed by atoms with Crippen LogP contribution in [-0.4, -0.2) is 9.97 Å². The van der Waals surface area contributed by atoms with E-state index >= 15 is 0 Å². The van der Waals surface area contributed by atoms with Crippen molar-refractivity contribution in [3.63, 3.8) is 0 Å². The van der Waals surface area contributed by atoms with Crippen LogP contribution in [0.15, 0.2) is 23.9 Å². The summed E-state index contributed by atoms with van der Waals surface area (Å²) in [6.07, 6.45) is 8.85. The Kier molecular flexibility index (Phi) is 3.64. The Morgan fingerprint density at radius 3 is 2.94 bits per heavy atom. The number of nitrogens with zero attached hydrogens (tertiary/aromatic N) is 2. The van der Waals surface area contributed by atoms with Crippen molar-refractivity contribution in [2.45, 2.75) is 38.6 Å². The van der Waals surface area contributed by atoms with Crippen LogP contribution in [0, 0.1) is 6.92 Å². The molecule has 1 unspecified atom stereocenters. The van der Waals surface area contributed by atoms with E-state index in [4.69, 9.17) is 5.84 Å². The molecule has 1 atom stereocenters. The van der Waals surface area contributed by atoms with E-state index in [2.05, 4.69) is 21.5 Å². The third kappa shape index (κ3) is 2.46. The van der Waals surface area contributed by atoms with E-state index in [1.165, 1.54) is 18.4 Å². The van der Waals surface area contributed by atoms with Crippen LogP contribution in [-0.2, 0) is 0 Å². The molecule has 1 heterocycles.